The molecule has 0 radical (unpaired) electrons. The molecule has 0 aliphatic heterocycles. The summed E-state index contributed by atoms with van der Waals surface area (Å²) in [5.41, 5.74) is 2.80. The molecule has 0 saturated heterocycles. The van der Waals surface area contributed by atoms with Crippen LogP contribution in [0.4, 0.5) is 0 Å². The Kier molecular flexibility index (Phi) is 4.46. The fourth-order valence-corrected chi connectivity index (χ4v) is 2.34. The Bertz CT molecular complexity index is 707. The maximum Gasteiger partial charge on any atom is 0.328 e. The van der Waals surface area contributed by atoms with Gasteiger partial charge in [0.2, 0.25) is 0 Å². The highest BCUT2D eigenvalue weighted by Gasteiger charge is 2.18. The van der Waals surface area contributed by atoms with Gasteiger partial charge in [0.1, 0.15) is 11.5 Å². The second kappa shape index (κ2) is 6.30. The SMILES string of the molecule is Cc1c(O)c(Cc2cccnc2)c(C)c(O)c1/C=C/C(=O)O. The summed E-state index contributed by atoms with van der Waals surface area (Å²) in [5, 5.41) is 29.4. The first kappa shape index (κ1) is 15.6. The molecule has 0 amide bonds. The van der Waals surface area contributed by atoms with E-state index in [-0.39, 0.29) is 11.5 Å². The number of aliphatic carboxylic acids is 1. The van der Waals surface area contributed by atoms with Gasteiger partial charge in [0.05, 0.1) is 0 Å². The lowest BCUT2D eigenvalue weighted by atomic mass is 9.93. The van der Waals surface area contributed by atoms with Crippen LogP contribution in [0.25, 0.3) is 6.08 Å². The van der Waals surface area contributed by atoms with Gasteiger partial charge in [-0.1, -0.05) is 6.07 Å². The molecular weight excluding hydrogens is 282 g/mol. The van der Waals surface area contributed by atoms with Gasteiger partial charge in [-0.2, -0.15) is 0 Å². The largest absolute Gasteiger partial charge is 0.507 e. The fraction of sp³-hybridized carbons (Fsp3) is 0.176. The Balaban J connectivity index is 2.52. The van der Waals surface area contributed by atoms with Gasteiger partial charge in [-0.3, -0.25) is 4.98 Å². The Morgan fingerprint density at radius 2 is 1.95 bits per heavy atom. The molecule has 5 nitrogen and oxygen atoms in total. The minimum Gasteiger partial charge on any atom is -0.507 e. The van der Waals surface area contributed by atoms with E-state index in [4.69, 9.17) is 5.11 Å². The lowest BCUT2D eigenvalue weighted by Gasteiger charge is -2.16. The summed E-state index contributed by atoms with van der Waals surface area (Å²) in [7, 11) is 0. The van der Waals surface area contributed by atoms with Crippen molar-refractivity contribution in [1.82, 2.24) is 4.98 Å². The van der Waals surface area contributed by atoms with E-state index >= 15 is 0 Å². The highest BCUT2D eigenvalue weighted by atomic mass is 16.4. The maximum absolute atomic E-state index is 10.6. The van der Waals surface area contributed by atoms with Gasteiger partial charge in [0, 0.05) is 41.6 Å². The topological polar surface area (TPSA) is 90.7 Å². The summed E-state index contributed by atoms with van der Waals surface area (Å²) in [6.07, 6.45) is 6.01. The summed E-state index contributed by atoms with van der Waals surface area (Å²) < 4.78 is 0. The summed E-state index contributed by atoms with van der Waals surface area (Å²) >= 11 is 0. The highest BCUT2D eigenvalue weighted by molar-refractivity contribution is 5.87. The van der Waals surface area contributed by atoms with Crippen LogP contribution >= 0.6 is 0 Å². The van der Waals surface area contributed by atoms with Crippen LogP contribution in [0.3, 0.4) is 0 Å². The molecule has 2 aromatic rings. The number of aromatic hydroxyl groups is 2. The molecule has 0 aliphatic rings. The van der Waals surface area contributed by atoms with Crippen molar-refractivity contribution in [3.63, 3.8) is 0 Å². The van der Waals surface area contributed by atoms with Gasteiger partial charge in [0.25, 0.3) is 0 Å². The van der Waals surface area contributed by atoms with E-state index in [1.165, 1.54) is 6.08 Å². The van der Waals surface area contributed by atoms with Gasteiger partial charge in [-0.25, -0.2) is 4.79 Å². The van der Waals surface area contributed by atoms with Crippen LogP contribution in [0.5, 0.6) is 11.5 Å². The van der Waals surface area contributed by atoms with Gasteiger partial charge in [-0.05, 0) is 37.1 Å². The van der Waals surface area contributed by atoms with Gasteiger partial charge < -0.3 is 15.3 Å². The number of pyridine rings is 1. The third-order valence-electron chi connectivity index (χ3n) is 3.60. The molecule has 22 heavy (non-hydrogen) atoms. The van der Waals surface area contributed by atoms with Crippen LogP contribution in [0.2, 0.25) is 0 Å². The average molecular weight is 299 g/mol. The molecule has 0 aliphatic carbocycles. The lowest BCUT2D eigenvalue weighted by Crippen LogP contribution is -1.99. The number of nitrogens with zero attached hydrogens (tertiary/aromatic N) is 1. The number of phenols is 2. The van der Waals surface area contributed by atoms with Crippen molar-refractivity contribution in [3.8, 4) is 11.5 Å². The van der Waals surface area contributed by atoms with E-state index in [1.54, 1.807) is 32.3 Å². The Morgan fingerprint density at radius 1 is 1.23 bits per heavy atom. The smallest absolute Gasteiger partial charge is 0.328 e. The molecule has 5 heteroatoms. The number of rotatable bonds is 4. The minimum absolute atomic E-state index is 0.0216. The van der Waals surface area contributed by atoms with Crippen LogP contribution in [0.15, 0.2) is 30.6 Å². The van der Waals surface area contributed by atoms with E-state index in [0.29, 0.717) is 28.7 Å². The average Bonchev–Trinajstić information content (AvgIpc) is 2.50. The monoisotopic (exact) mass is 299 g/mol. The minimum atomic E-state index is -1.12. The first-order chi connectivity index (χ1) is 10.4. The van der Waals surface area contributed by atoms with Crippen LogP contribution in [-0.2, 0) is 11.2 Å². The Morgan fingerprint density at radius 3 is 2.55 bits per heavy atom. The van der Waals surface area contributed by atoms with Crippen LogP contribution in [0, 0.1) is 13.8 Å². The molecule has 0 bridgehead atoms. The van der Waals surface area contributed by atoms with Gasteiger partial charge in [-0.15, -0.1) is 0 Å². The molecule has 0 fully saturated rings. The normalized spacial score (nSPS) is 11.0. The second-order valence-electron chi connectivity index (χ2n) is 5.05. The number of carboxylic acid groups (broad SMARTS) is 1. The van der Waals surface area contributed by atoms with Crippen LogP contribution in [0.1, 0.15) is 27.8 Å². The zero-order valence-electron chi connectivity index (χ0n) is 12.4. The molecule has 0 unspecified atom stereocenters. The quantitative estimate of drug-likeness (QED) is 0.596. The van der Waals surface area contributed by atoms with Crippen molar-refractivity contribution in [2.24, 2.45) is 0 Å². The summed E-state index contributed by atoms with van der Waals surface area (Å²) in [6.45, 7) is 3.33. The fourth-order valence-electron chi connectivity index (χ4n) is 2.34. The van der Waals surface area contributed by atoms with Crippen molar-refractivity contribution in [3.05, 3.63) is 58.4 Å². The predicted molar refractivity (Wildman–Crippen MR) is 83.0 cm³/mol. The van der Waals surface area contributed by atoms with Crippen LogP contribution in [-0.4, -0.2) is 26.3 Å². The molecule has 114 valence electrons. The van der Waals surface area contributed by atoms with Crippen molar-refractivity contribution < 1.29 is 20.1 Å². The third kappa shape index (κ3) is 3.09. The molecule has 0 atom stereocenters. The zero-order valence-corrected chi connectivity index (χ0v) is 12.4. The number of aromatic nitrogens is 1. The first-order valence-electron chi connectivity index (χ1n) is 6.75. The third-order valence-corrected chi connectivity index (χ3v) is 3.60. The number of carboxylic acids is 1. The highest BCUT2D eigenvalue weighted by Crippen LogP contribution is 2.38. The molecule has 1 aromatic carbocycles. The Labute approximate surface area is 128 Å². The van der Waals surface area contributed by atoms with E-state index in [0.717, 1.165) is 11.6 Å². The second-order valence-corrected chi connectivity index (χ2v) is 5.05. The molecule has 0 saturated carbocycles. The van der Waals surface area contributed by atoms with Gasteiger partial charge >= 0.3 is 5.97 Å². The van der Waals surface area contributed by atoms with Crippen molar-refractivity contribution in [1.29, 1.82) is 0 Å². The van der Waals surface area contributed by atoms with Crippen molar-refractivity contribution in [2.75, 3.05) is 0 Å². The number of phenolic OH excluding ortho intramolecular Hbond substituents is 2. The molecule has 1 aromatic heterocycles. The summed E-state index contributed by atoms with van der Waals surface area (Å²) in [5.74, 6) is -1.08. The summed E-state index contributed by atoms with van der Waals surface area (Å²) in [6, 6.07) is 3.69. The van der Waals surface area contributed by atoms with E-state index < -0.39 is 5.97 Å². The standard InChI is InChI=1S/C17H17NO4/c1-10-13(5-6-15(19)20)16(21)11(2)14(17(10)22)8-12-4-3-7-18-9-12/h3-7,9,21-22H,8H2,1-2H3,(H,19,20)/b6-5+. The van der Waals surface area contributed by atoms with E-state index in [9.17, 15) is 15.0 Å². The first-order valence-corrected chi connectivity index (χ1v) is 6.75. The lowest BCUT2D eigenvalue weighted by molar-refractivity contribution is -0.131. The van der Waals surface area contributed by atoms with Gasteiger partial charge in [0.15, 0.2) is 0 Å². The number of hydrogen-bond acceptors (Lipinski definition) is 4. The molecule has 0 spiro atoms. The van der Waals surface area contributed by atoms with Crippen molar-refractivity contribution >= 4 is 12.0 Å². The van der Waals surface area contributed by atoms with Crippen molar-refractivity contribution in [2.45, 2.75) is 20.3 Å². The van der Waals surface area contributed by atoms with E-state index in [1.807, 2.05) is 6.07 Å². The number of benzene rings is 1. The van der Waals surface area contributed by atoms with E-state index in [2.05, 4.69) is 4.98 Å². The molecular formula is C17H17NO4. The zero-order chi connectivity index (χ0) is 16.3. The maximum atomic E-state index is 10.6. The molecule has 1 heterocycles. The Hall–Kier alpha value is -2.82. The number of carbonyl (C=O) groups is 1. The van der Waals surface area contributed by atoms with Crippen LogP contribution < -0.4 is 0 Å². The predicted octanol–water partition coefficient (Wildman–Crippen LogP) is 2.80. The molecule has 3 N–H and O–H groups in total. The molecule has 2 rings (SSSR count). The number of hydrogen-bond donors (Lipinski definition) is 3. The summed E-state index contributed by atoms with van der Waals surface area (Å²) in [4.78, 5) is 14.7.